The van der Waals surface area contributed by atoms with E-state index in [0.29, 0.717) is 41.8 Å². The minimum atomic E-state index is -4.55. The van der Waals surface area contributed by atoms with E-state index in [0.717, 1.165) is 41.2 Å². The molecular formula is C34H28F3N7O2S. The van der Waals surface area contributed by atoms with Crippen LogP contribution in [-0.4, -0.2) is 51.6 Å². The maximum atomic E-state index is 13.5. The molecular weight excluding hydrogens is 627 g/mol. The number of fused-ring (bicyclic) bond motifs is 1. The van der Waals surface area contributed by atoms with E-state index < -0.39 is 24.1 Å². The monoisotopic (exact) mass is 655 g/mol. The first-order valence-electron chi connectivity index (χ1n) is 14.9. The third kappa shape index (κ3) is 6.67. The van der Waals surface area contributed by atoms with Crippen LogP contribution in [0.2, 0.25) is 0 Å². The van der Waals surface area contributed by atoms with Gasteiger partial charge in [0.15, 0.2) is 4.96 Å². The summed E-state index contributed by atoms with van der Waals surface area (Å²) in [5, 5.41) is 7.97. The Labute approximate surface area is 271 Å². The van der Waals surface area contributed by atoms with Crippen LogP contribution in [0, 0.1) is 0 Å². The number of nitrogens with zero attached hydrogens (tertiary/aromatic N) is 5. The van der Waals surface area contributed by atoms with E-state index in [4.69, 9.17) is 14.7 Å². The molecule has 9 nitrogen and oxygen atoms in total. The molecule has 1 aliphatic rings. The molecule has 0 aliphatic carbocycles. The highest BCUT2D eigenvalue weighted by atomic mass is 32.1. The second kappa shape index (κ2) is 12.9. The Morgan fingerprint density at radius 1 is 0.936 bits per heavy atom. The molecule has 0 saturated carbocycles. The standard InChI is InChI=1S/C34H28F3N7O2S/c35-34(36,37)27-7-2-1-4-22(27)21-29(45)39-25-6-3-5-23(20-25)30-31(44-16-19-47-33(44)42-30)28-12-13-38-32(41-28)40-24-8-10-26(11-9-24)43-14-17-46-18-15-43/h1-13,16,19-20H,14-15,17-18,21H2,(H,39,45)(H,38,40,41). The van der Waals surface area contributed by atoms with Gasteiger partial charge in [0.25, 0.3) is 0 Å². The van der Waals surface area contributed by atoms with Crippen molar-refractivity contribution in [3.63, 3.8) is 0 Å². The summed E-state index contributed by atoms with van der Waals surface area (Å²) in [6, 6.07) is 22.0. The fourth-order valence-corrected chi connectivity index (χ4v) is 6.28. The lowest BCUT2D eigenvalue weighted by Crippen LogP contribution is -2.36. The third-order valence-electron chi connectivity index (χ3n) is 7.75. The predicted molar refractivity (Wildman–Crippen MR) is 176 cm³/mol. The van der Waals surface area contributed by atoms with Crippen LogP contribution in [-0.2, 0) is 22.1 Å². The number of thiazole rings is 1. The van der Waals surface area contributed by atoms with Crippen molar-refractivity contribution in [2.45, 2.75) is 12.6 Å². The summed E-state index contributed by atoms with van der Waals surface area (Å²) in [6.07, 6.45) is -1.38. The normalized spacial score (nSPS) is 13.6. The second-order valence-corrected chi connectivity index (χ2v) is 11.7. The molecule has 0 radical (unpaired) electrons. The topological polar surface area (TPSA) is 96.7 Å². The number of halogens is 3. The lowest BCUT2D eigenvalue weighted by Gasteiger charge is -2.28. The van der Waals surface area contributed by atoms with Gasteiger partial charge >= 0.3 is 6.18 Å². The van der Waals surface area contributed by atoms with Crippen LogP contribution in [0.3, 0.4) is 0 Å². The van der Waals surface area contributed by atoms with E-state index in [1.807, 2.05) is 34.2 Å². The quantitative estimate of drug-likeness (QED) is 0.178. The number of rotatable bonds is 8. The summed E-state index contributed by atoms with van der Waals surface area (Å²) in [5.41, 5.74) is 4.19. The number of benzene rings is 3. The molecule has 1 aliphatic heterocycles. The van der Waals surface area contributed by atoms with Crippen LogP contribution in [0.25, 0.3) is 27.6 Å². The van der Waals surface area contributed by atoms with Gasteiger partial charge in [-0.3, -0.25) is 9.20 Å². The van der Waals surface area contributed by atoms with E-state index in [1.54, 1.807) is 30.5 Å². The van der Waals surface area contributed by atoms with Crippen LogP contribution in [0.4, 0.5) is 36.2 Å². The Morgan fingerprint density at radius 3 is 2.55 bits per heavy atom. The first-order chi connectivity index (χ1) is 22.8. The van der Waals surface area contributed by atoms with E-state index in [2.05, 4.69) is 32.7 Å². The maximum absolute atomic E-state index is 13.5. The Morgan fingerprint density at radius 2 is 1.74 bits per heavy atom. The number of aromatic nitrogens is 4. The number of morpholine rings is 1. The summed E-state index contributed by atoms with van der Waals surface area (Å²) < 4.78 is 47.8. The van der Waals surface area contributed by atoms with Crippen LogP contribution < -0.4 is 15.5 Å². The number of alkyl halides is 3. The molecule has 47 heavy (non-hydrogen) atoms. The lowest BCUT2D eigenvalue weighted by molar-refractivity contribution is -0.138. The zero-order chi connectivity index (χ0) is 32.4. The highest BCUT2D eigenvalue weighted by molar-refractivity contribution is 7.15. The van der Waals surface area contributed by atoms with Crippen molar-refractivity contribution >= 4 is 45.2 Å². The molecule has 6 aromatic rings. The molecule has 1 saturated heterocycles. The molecule has 3 aromatic carbocycles. The van der Waals surface area contributed by atoms with Crippen molar-refractivity contribution in [1.29, 1.82) is 0 Å². The van der Waals surface area contributed by atoms with Gasteiger partial charge in [-0.2, -0.15) is 13.2 Å². The third-order valence-corrected chi connectivity index (χ3v) is 8.51. The van der Waals surface area contributed by atoms with E-state index >= 15 is 0 Å². The van der Waals surface area contributed by atoms with Gasteiger partial charge in [-0.15, -0.1) is 11.3 Å². The SMILES string of the molecule is O=C(Cc1ccccc1C(F)(F)F)Nc1cccc(-c2nc3sccn3c2-c2ccnc(Nc3ccc(N4CCOCC4)cc3)n2)c1. The zero-order valence-corrected chi connectivity index (χ0v) is 25.7. The molecule has 0 spiro atoms. The van der Waals surface area contributed by atoms with Gasteiger partial charge in [0.2, 0.25) is 11.9 Å². The number of amides is 1. The van der Waals surface area contributed by atoms with Crippen molar-refractivity contribution in [2.75, 3.05) is 41.8 Å². The summed E-state index contributed by atoms with van der Waals surface area (Å²) >= 11 is 1.47. The summed E-state index contributed by atoms with van der Waals surface area (Å²) in [4.78, 5) is 30.0. The number of carbonyl (C=O) groups excluding carboxylic acids is 1. The molecule has 3 aromatic heterocycles. The van der Waals surface area contributed by atoms with Crippen LogP contribution in [0.1, 0.15) is 11.1 Å². The number of hydrogen-bond donors (Lipinski definition) is 2. The number of ether oxygens (including phenoxy) is 1. The van der Waals surface area contributed by atoms with E-state index in [-0.39, 0.29) is 5.56 Å². The van der Waals surface area contributed by atoms with Crippen molar-refractivity contribution in [2.24, 2.45) is 0 Å². The Kier molecular flexibility index (Phi) is 8.31. The molecule has 0 unspecified atom stereocenters. The molecule has 0 bridgehead atoms. The molecule has 2 N–H and O–H groups in total. The zero-order valence-electron chi connectivity index (χ0n) is 24.9. The molecule has 7 rings (SSSR count). The first kappa shape index (κ1) is 30.4. The smallest absolute Gasteiger partial charge is 0.378 e. The van der Waals surface area contributed by atoms with Gasteiger partial charge in [0.1, 0.15) is 5.69 Å². The predicted octanol–water partition coefficient (Wildman–Crippen LogP) is 7.30. The first-order valence-corrected chi connectivity index (χ1v) is 15.7. The van der Waals surface area contributed by atoms with Crippen LogP contribution >= 0.6 is 11.3 Å². The summed E-state index contributed by atoms with van der Waals surface area (Å²) in [7, 11) is 0. The summed E-state index contributed by atoms with van der Waals surface area (Å²) in [5.74, 6) is -0.146. The van der Waals surface area contributed by atoms with Crippen molar-refractivity contribution in [1.82, 2.24) is 19.4 Å². The number of carbonyl (C=O) groups is 1. The van der Waals surface area contributed by atoms with Gasteiger partial charge in [-0.1, -0.05) is 30.3 Å². The lowest BCUT2D eigenvalue weighted by atomic mass is 10.0. The van der Waals surface area contributed by atoms with E-state index in [1.165, 1.54) is 29.5 Å². The highest BCUT2D eigenvalue weighted by Crippen LogP contribution is 2.35. The fraction of sp³-hybridized carbons (Fsp3) is 0.176. The second-order valence-electron chi connectivity index (χ2n) is 10.9. The van der Waals surface area contributed by atoms with Gasteiger partial charge in [-0.25, -0.2) is 15.0 Å². The Balaban J connectivity index is 1.13. The number of imidazole rings is 1. The molecule has 13 heteroatoms. The van der Waals surface area contributed by atoms with Crippen molar-refractivity contribution in [3.05, 3.63) is 108 Å². The van der Waals surface area contributed by atoms with Crippen molar-refractivity contribution in [3.8, 4) is 22.6 Å². The van der Waals surface area contributed by atoms with Gasteiger partial charge in [0, 0.05) is 53.5 Å². The van der Waals surface area contributed by atoms with Gasteiger partial charge in [-0.05, 0) is 54.1 Å². The van der Waals surface area contributed by atoms with Crippen LogP contribution in [0.5, 0.6) is 0 Å². The average Bonchev–Trinajstić information content (AvgIpc) is 3.68. The minimum absolute atomic E-state index is 0.0912. The van der Waals surface area contributed by atoms with Crippen molar-refractivity contribution < 1.29 is 22.7 Å². The van der Waals surface area contributed by atoms with Gasteiger partial charge < -0.3 is 20.3 Å². The Bertz CT molecular complexity index is 2040. The van der Waals surface area contributed by atoms with Gasteiger partial charge in [0.05, 0.1) is 36.6 Å². The minimum Gasteiger partial charge on any atom is -0.378 e. The molecule has 0 atom stereocenters. The maximum Gasteiger partial charge on any atom is 0.416 e. The molecule has 1 amide bonds. The molecule has 238 valence electrons. The highest BCUT2D eigenvalue weighted by Gasteiger charge is 2.33. The number of anilines is 4. The number of nitrogens with one attached hydrogen (secondary N) is 2. The largest absolute Gasteiger partial charge is 0.416 e. The van der Waals surface area contributed by atoms with E-state index in [9.17, 15) is 18.0 Å². The summed E-state index contributed by atoms with van der Waals surface area (Å²) in [6.45, 7) is 3.14. The average molecular weight is 656 g/mol. The number of hydrogen-bond acceptors (Lipinski definition) is 8. The fourth-order valence-electron chi connectivity index (χ4n) is 5.56. The van der Waals surface area contributed by atoms with Crippen LogP contribution in [0.15, 0.2) is 96.6 Å². The Hall–Kier alpha value is -5.27. The molecule has 4 heterocycles. The molecule has 1 fully saturated rings.